The summed E-state index contributed by atoms with van der Waals surface area (Å²) >= 11 is 0. The molecular weight excluding hydrogens is 326 g/mol. The van der Waals surface area contributed by atoms with Crippen molar-refractivity contribution in [2.75, 3.05) is 31.2 Å². The van der Waals surface area contributed by atoms with E-state index in [1.807, 2.05) is 0 Å². The van der Waals surface area contributed by atoms with Gasteiger partial charge in [-0.15, -0.1) is 0 Å². The maximum absolute atomic E-state index is 11.9. The summed E-state index contributed by atoms with van der Waals surface area (Å²) in [5, 5.41) is 4.57. The summed E-state index contributed by atoms with van der Waals surface area (Å²) in [6, 6.07) is 5.82. The third kappa shape index (κ3) is 6.78. The summed E-state index contributed by atoms with van der Waals surface area (Å²) in [6.45, 7) is -0.831. The number of likely N-dealkylation sites (N-methyl/N-ethyl adjacent to an activating group) is 1. The lowest BCUT2D eigenvalue weighted by molar-refractivity contribution is -0.127. The van der Waals surface area contributed by atoms with Crippen molar-refractivity contribution in [3.8, 4) is 0 Å². The standard InChI is InChI=1S/C13H17N3O6S/c1-14-11(17)7-15-12(18)8-22-13(19)9-5-3-4-6-10(9)16-23(2,20)21/h3-6,16H,7-8H2,1-2H3,(H,14,17)(H,15,18). The molecule has 1 aromatic carbocycles. The number of esters is 1. The maximum atomic E-state index is 11.9. The van der Waals surface area contributed by atoms with Crippen LogP contribution in [0, 0.1) is 0 Å². The smallest absolute Gasteiger partial charge is 0.340 e. The second-order valence-corrected chi connectivity index (χ2v) is 6.19. The van der Waals surface area contributed by atoms with Crippen molar-refractivity contribution in [3.63, 3.8) is 0 Å². The minimum Gasteiger partial charge on any atom is -0.452 e. The average Bonchev–Trinajstić information content (AvgIpc) is 2.49. The molecule has 0 aliphatic rings. The number of nitrogens with one attached hydrogen (secondary N) is 3. The summed E-state index contributed by atoms with van der Waals surface area (Å²) in [5.74, 6) is -1.92. The van der Waals surface area contributed by atoms with Gasteiger partial charge in [-0.05, 0) is 12.1 Å². The number of carbonyl (C=O) groups is 3. The van der Waals surface area contributed by atoms with Crippen molar-refractivity contribution in [3.05, 3.63) is 29.8 Å². The van der Waals surface area contributed by atoms with Gasteiger partial charge in [-0.2, -0.15) is 0 Å². The number of benzene rings is 1. The highest BCUT2D eigenvalue weighted by Crippen LogP contribution is 2.17. The van der Waals surface area contributed by atoms with Crippen molar-refractivity contribution in [2.24, 2.45) is 0 Å². The molecule has 0 atom stereocenters. The SMILES string of the molecule is CNC(=O)CNC(=O)COC(=O)c1ccccc1NS(C)(=O)=O. The average molecular weight is 343 g/mol. The van der Waals surface area contributed by atoms with Crippen molar-refractivity contribution < 1.29 is 27.5 Å². The van der Waals surface area contributed by atoms with E-state index in [4.69, 9.17) is 4.74 Å². The number of ether oxygens (including phenoxy) is 1. The van der Waals surface area contributed by atoms with E-state index in [1.165, 1.54) is 25.2 Å². The van der Waals surface area contributed by atoms with Crippen molar-refractivity contribution in [1.29, 1.82) is 0 Å². The highest BCUT2D eigenvalue weighted by Gasteiger charge is 2.16. The van der Waals surface area contributed by atoms with Crippen LogP contribution in [0.15, 0.2) is 24.3 Å². The molecule has 0 saturated carbocycles. The van der Waals surface area contributed by atoms with E-state index in [-0.39, 0.29) is 17.8 Å². The molecule has 0 aliphatic carbocycles. The lowest BCUT2D eigenvalue weighted by Crippen LogP contribution is -2.37. The predicted molar refractivity (Wildman–Crippen MR) is 82.3 cm³/mol. The van der Waals surface area contributed by atoms with Crippen LogP contribution in [0.25, 0.3) is 0 Å². The Kier molecular flexibility index (Phi) is 6.51. The molecule has 0 saturated heterocycles. The summed E-state index contributed by atoms with van der Waals surface area (Å²) < 4.78 is 29.5. The van der Waals surface area contributed by atoms with Crippen LogP contribution in [0.3, 0.4) is 0 Å². The zero-order chi connectivity index (χ0) is 17.5. The van der Waals surface area contributed by atoms with Crippen molar-refractivity contribution >= 4 is 33.5 Å². The van der Waals surface area contributed by atoms with Crippen molar-refractivity contribution in [2.45, 2.75) is 0 Å². The predicted octanol–water partition coefficient (Wildman–Crippen LogP) is -0.923. The molecule has 10 heteroatoms. The Balaban J connectivity index is 2.65. The lowest BCUT2D eigenvalue weighted by Gasteiger charge is -2.10. The molecule has 1 aromatic rings. The summed E-state index contributed by atoms with van der Waals surface area (Å²) in [6.07, 6.45) is 0.946. The number of para-hydroxylation sites is 1. The first-order chi connectivity index (χ1) is 10.7. The number of hydrogen-bond acceptors (Lipinski definition) is 6. The number of rotatable bonds is 7. The Hall–Kier alpha value is -2.62. The van der Waals surface area contributed by atoms with Gasteiger partial charge in [-0.25, -0.2) is 13.2 Å². The highest BCUT2D eigenvalue weighted by atomic mass is 32.2. The normalized spacial score (nSPS) is 10.5. The summed E-state index contributed by atoms with van der Waals surface area (Å²) in [5.41, 5.74) is 0.0165. The Morgan fingerprint density at radius 3 is 2.39 bits per heavy atom. The molecule has 126 valence electrons. The molecule has 23 heavy (non-hydrogen) atoms. The third-order valence-electron chi connectivity index (χ3n) is 2.50. The molecule has 0 bridgehead atoms. The molecule has 0 unspecified atom stereocenters. The fourth-order valence-corrected chi connectivity index (χ4v) is 2.05. The first-order valence-corrected chi connectivity index (χ1v) is 8.33. The van der Waals surface area contributed by atoms with E-state index in [1.54, 1.807) is 6.07 Å². The van der Waals surface area contributed by atoms with Gasteiger partial charge >= 0.3 is 5.97 Å². The van der Waals surface area contributed by atoms with Gasteiger partial charge in [0.05, 0.1) is 24.1 Å². The number of carbonyl (C=O) groups excluding carboxylic acids is 3. The van der Waals surface area contributed by atoms with E-state index >= 15 is 0 Å². The number of hydrogen-bond donors (Lipinski definition) is 3. The molecule has 0 spiro atoms. The van der Waals surface area contributed by atoms with Crippen LogP contribution in [0.1, 0.15) is 10.4 Å². The van der Waals surface area contributed by atoms with Gasteiger partial charge in [0.2, 0.25) is 15.9 Å². The van der Waals surface area contributed by atoms with Crippen LogP contribution in [0.4, 0.5) is 5.69 Å². The minimum absolute atomic E-state index is 0.0305. The number of sulfonamides is 1. The minimum atomic E-state index is -3.57. The van der Waals surface area contributed by atoms with Gasteiger partial charge in [-0.1, -0.05) is 12.1 Å². The molecule has 1 rings (SSSR count). The van der Waals surface area contributed by atoms with Crippen LogP contribution in [0.5, 0.6) is 0 Å². The van der Waals surface area contributed by atoms with Crippen LogP contribution >= 0.6 is 0 Å². The largest absolute Gasteiger partial charge is 0.452 e. The van der Waals surface area contributed by atoms with E-state index in [2.05, 4.69) is 15.4 Å². The van der Waals surface area contributed by atoms with E-state index in [0.717, 1.165) is 6.26 Å². The molecule has 0 aliphatic heterocycles. The van der Waals surface area contributed by atoms with E-state index in [0.29, 0.717) is 0 Å². The second-order valence-electron chi connectivity index (χ2n) is 4.45. The lowest BCUT2D eigenvalue weighted by atomic mass is 10.2. The zero-order valence-electron chi connectivity index (χ0n) is 12.6. The van der Waals surface area contributed by atoms with Crippen LogP contribution in [0.2, 0.25) is 0 Å². The van der Waals surface area contributed by atoms with Gasteiger partial charge in [0.15, 0.2) is 6.61 Å². The summed E-state index contributed by atoms with van der Waals surface area (Å²) in [4.78, 5) is 34.3. The van der Waals surface area contributed by atoms with Crippen molar-refractivity contribution in [1.82, 2.24) is 10.6 Å². The van der Waals surface area contributed by atoms with Gasteiger partial charge in [0, 0.05) is 7.05 Å². The number of anilines is 1. The fraction of sp³-hybridized carbons (Fsp3) is 0.308. The summed E-state index contributed by atoms with van der Waals surface area (Å²) in [7, 11) is -2.15. The topological polar surface area (TPSA) is 131 Å². The molecule has 0 fully saturated rings. The van der Waals surface area contributed by atoms with Gasteiger partial charge in [0.25, 0.3) is 5.91 Å². The first kappa shape index (κ1) is 18.4. The van der Waals surface area contributed by atoms with E-state index < -0.39 is 34.4 Å². The quantitative estimate of drug-likeness (QED) is 0.549. The molecule has 0 aromatic heterocycles. The third-order valence-corrected chi connectivity index (χ3v) is 3.09. The molecule has 9 nitrogen and oxygen atoms in total. The number of amides is 2. The highest BCUT2D eigenvalue weighted by molar-refractivity contribution is 7.92. The first-order valence-electron chi connectivity index (χ1n) is 6.44. The Labute approximate surface area is 133 Å². The Bertz CT molecular complexity index is 701. The van der Waals surface area contributed by atoms with Gasteiger partial charge < -0.3 is 15.4 Å². The van der Waals surface area contributed by atoms with E-state index in [9.17, 15) is 22.8 Å². The van der Waals surface area contributed by atoms with Crippen LogP contribution in [-0.4, -0.2) is 52.7 Å². The van der Waals surface area contributed by atoms with Gasteiger partial charge in [-0.3, -0.25) is 14.3 Å². The monoisotopic (exact) mass is 343 g/mol. The Morgan fingerprint density at radius 1 is 1.13 bits per heavy atom. The zero-order valence-corrected chi connectivity index (χ0v) is 13.4. The van der Waals surface area contributed by atoms with Gasteiger partial charge in [0.1, 0.15) is 0 Å². The molecule has 0 heterocycles. The second kappa shape index (κ2) is 8.13. The maximum Gasteiger partial charge on any atom is 0.340 e. The van der Waals surface area contributed by atoms with Crippen LogP contribution in [-0.2, 0) is 24.3 Å². The fourth-order valence-electron chi connectivity index (χ4n) is 1.48. The molecule has 3 N–H and O–H groups in total. The molecular formula is C13H17N3O6S. The molecule has 0 radical (unpaired) electrons. The Morgan fingerprint density at radius 2 is 1.78 bits per heavy atom. The molecule has 2 amide bonds. The van der Waals surface area contributed by atoms with Crippen LogP contribution < -0.4 is 15.4 Å².